The molecule has 0 saturated heterocycles. The third-order valence-corrected chi connectivity index (χ3v) is 5.05. The Kier molecular flexibility index (Phi) is 4.68. The lowest BCUT2D eigenvalue weighted by Crippen LogP contribution is -2.12. The first-order valence-corrected chi connectivity index (χ1v) is 9.67. The molecule has 3 heterocycles. The van der Waals surface area contributed by atoms with Gasteiger partial charge in [-0.05, 0) is 23.3 Å². The van der Waals surface area contributed by atoms with Gasteiger partial charge in [0.2, 0.25) is 0 Å². The van der Waals surface area contributed by atoms with E-state index in [1.807, 2.05) is 18.2 Å². The van der Waals surface area contributed by atoms with Crippen LogP contribution in [0.5, 0.6) is 0 Å². The molecule has 5 rings (SSSR count). The van der Waals surface area contributed by atoms with E-state index in [1.165, 1.54) is 12.7 Å². The number of rotatable bonds is 6. The van der Waals surface area contributed by atoms with Gasteiger partial charge in [0.15, 0.2) is 5.65 Å². The first-order valence-electron chi connectivity index (χ1n) is 9.67. The Morgan fingerprint density at radius 3 is 2.71 bits per heavy atom. The molecule has 0 aliphatic carbocycles. The predicted octanol–water partition coefficient (Wildman–Crippen LogP) is 2.60. The molecule has 2 aromatic carbocycles. The van der Waals surface area contributed by atoms with E-state index >= 15 is 0 Å². The highest BCUT2D eigenvalue weighted by Gasteiger charge is 2.11. The summed E-state index contributed by atoms with van der Waals surface area (Å²) >= 11 is 0. The number of primary amides is 1. The summed E-state index contributed by atoms with van der Waals surface area (Å²) in [5, 5.41) is 4.09. The molecule has 152 valence electrons. The summed E-state index contributed by atoms with van der Waals surface area (Å²) in [4.78, 5) is 36.1. The number of nitrogens with two attached hydrogens (primary N) is 1. The van der Waals surface area contributed by atoms with E-state index in [2.05, 4.69) is 47.4 Å². The molecule has 0 unspecified atom stereocenters. The van der Waals surface area contributed by atoms with E-state index in [0.717, 1.165) is 27.7 Å². The van der Waals surface area contributed by atoms with Crippen molar-refractivity contribution in [2.75, 3.05) is 5.32 Å². The van der Waals surface area contributed by atoms with E-state index in [4.69, 9.17) is 5.73 Å². The molecule has 0 spiro atoms. The standard InChI is InChI=1S/C22H18N8O/c23-20(31)15-5-2-6-16-18(15)26-11-28-21(16)24-9-14-4-1-3-13(7-14)8-17-19-22(29-10-25-17)30-12-27-19/h1-7,10-12H,8-9H2,(H2,23,31)(H,24,26,28)(H,25,27,29,30). The van der Waals surface area contributed by atoms with Gasteiger partial charge in [-0.3, -0.25) is 4.79 Å². The fraction of sp³-hybridized carbons (Fsp3) is 0.0909. The molecule has 0 saturated carbocycles. The van der Waals surface area contributed by atoms with Crippen molar-refractivity contribution in [3.05, 3.63) is 83.8 Å². The van der Waals surface area contributed by atoms with Gasteiger partial charge in [-0.2, -0.15) is 0 Å². The molecular weight excluding hydrogens is 392 g/mol. The molecule has 9 heteroatoms. The number of H-pyrrole nitrogens is 1. The number of nitrogens with zero attached hydrogens (tertiary/aromatic N) is 5. The lowest BCUT2D eigenvalue weighted by atomic mass is 10.1. The summed E-state index contributed by atoms with van der Waals surface area (Å²) in [6.45, 7) is 0.560. The number of anilines is 1. The maximum Gasteiger partial charge on any atom is 0.250 e. The van der Waals surface area contributed by atoms with Crippen molar-refractivity contribution in [2.45, 2.75) is 13.0 Å². The number of imidazole rings is 1. The minimum Gasteiger partial charge on any atom is -0.366 e. The lowest BCUT2D eigenvalue weighted by molar-refractivity contribution is 0.100. The van der Waals surface area contributed by atoms with Gasteiger partial charge in [-0.15, -0.1) is 0 Å². The number of benzene rings is 2. The van der Waals surface area contributed by atoms with Crippen molar-refractivity contribution in [1.82, 2.24) is 29.9 Å². The zero-order valence-electron chi connectivity index (χ0n) is 16.4. The number of amides is 1. The van der Waals surface area contributed by atoms with Crippen LogP contribution in [-0.2, 0) is 13.0 Å². The summed E-state index contributed by atoms with van der Waals surface area (Å²) in [6, 6.07) is 13.5. The number of carbonyl (C=O) groups is 1. The van der Waals surface area contributed by atoms with Crippen LogP contribution in [0.3, 0.4) is 0 Å². The Hall–Kier alpha value is -4.40. The number of fused-ring (bicyclic) bond motifs is 2. The van der Waals surface area contributed by atoms with Gasteiger partial charge in [0, 0.05) is 18.4 Å². The molecule has 5 aromatic rings. The molecule has 0 aliphatic rings. The van der Waals surface area contributed by atoms with Gasteiger partial charge < -0.3 is 16.0 Å². The highest BCUT2D eigenvalue weighted by atomic mass is 16.1. The van der Waals surface area contributed by atoms with Gasteiger partial charge in [0.1, 0.15) is 24.0 Å². The minimum atomic E-state index is -0.515. The van der Waals surface area contributed by atoms with Crippen molar-refractivity contribution in [3.63, 3.8) is 0 Å². The van der Waals surface area contributed by atoms with Crippen LogP contribution in [0.4, 0.5) is 5.82 Å². The van der Waals surface area contributed by atoms with Crippen LogP contribution in [0.1, 0.15) is 27.2 Å². The zero-order chi connectivity index (χ0) is 21.2. The number of para-hydroxylation sites is 1. The molecule has 1 amide bonds. The van der Waals surface area contributed by atoms with Crippen LogP contribution in [0.2, 0.25) is 0 Å². The van der Waals surface area contributed by atoms with E-state index in [0.29, 0.717) is 35.5 Å². The van der Waals surface area contributed by atoms with Crippen molar-refractivity contribution in [1.29, 1.82) is 0 Å². The topological polar surface area (TPSA) is 135 Å². The smallest absolute Gasteiger partial charge is 0.250 e. The number of aromatic nitrogens is 6. The molecular formula is C22H18N8O. The maximum absolute atomic E-state index is 11.7. The van der Waals surface area contributed by atoms with Crippen LogP contribution in [-0.4, -0.2) is 35.8 Å². The molecule has 0 bridgehead atoms. The fourth-order valence-corrected chi connectivity index (χ4v) is 3.61. The second-order valence-electron chi connectivity index (χ2n) is 7.06. The summed E-state index contributed by atoms with van der Waals surface area (Å²) in [5.41, 5.74) is 11.0. The van der Waals surface area contributed by atoms with E-state index < -0.39 is 5.91 Å². The van der Waals surface area contributed by atoms with Crippen molar-refractivity contribution in [2.24, 2.45) is 5.73 Å². The second-order valence-corrected chi connectivity index (χ2v) is 7.06. The first kappa shape index (κ1) is 18.6. The quantitative estimate of drug-likeness (QED) is 0.391. The van der Waals surface area contributed by atoms with Crippen LogP contribution in [0.25, 0.3) is 22.1 Å². The molecule has 31 heavy (non-hydrogen) atoms. The van der Waals surface area contributed by atoms with Crippen molar-refractivity contribution < 1.29 is 4.79 Å². The zero-order valence-corrected chi connectivity index (χ0v) is 16.4. The van der Waals surface area contributed by atoms with Gasteiger partial charge in [-0.25, -0.2) is 24.9 Å². The molecule has 0 atom stereocenters. The molecule has 0 fully saturated rings. The third-order valence-electron chi connectivity index (χ3n) is 5.05. The molecule has 4 N–H and O–H groups in total. The molecule has 9 nitrogen and oxygen atoms in total. The number of carbonyl (C=O) groups excluding carboxylic acids is 1. The Bertz CT molecular complexity index is 1410. The highest BCUT2D eigenvalue weighted by molar-refractivity contribution is 6.06. The summed E-state index contributed by atoms with van der Waals surface area (Å²) in [6.07, 6.45) is 5.25. The largest absolute Gasteiger partial charge is 0.366 e. The Morgan fingerprint density at radius 2 is 1.81 bits per heavy atom. The van der Waals surface area contributed by atoms with Gasteiger partial charge in [-0.1, -0.05) is 30.3 Å². The SMILES string of the molecule is NC(=O)c1cccc2c(NCc3cccc(Cc4ncnc5nc[nH]c45)c3)ncnc12. The van der Waals surface area contributed by atoms with E-state index in [-0.39, 0.29) is 0 Å². The number of hydrogen-bond donors (Lipinski definition) is 3. The third kappa shape index (κ3) is 3.64. The average Bonchev–Trinajstić information content (AvgIpc) is 3.27. The monoisotopic (exact) mass is 410 g/mol. The summed E-state index contributed by atoms with van der Waals surface area (Å²) in [5.74, 6) is 0.132. The maximum atomic E-state index is 11.7. The fourth-order valence-electron chi connectivity index (χ4n) is 3.61. The van der Waals surface area contributed by atoms with Crippen molar-refractivity contribution in [3.8, 4) is 0 Å². The van der Waals surface area contributed by atoms with Crippen LogP contribution < -0.4 is 11.1 Å². The van der Waals surface area contributed by atoms with Gasteiger partial charge >= 0.3 is 0 Å². The van der Waals surface area contributed by atoms with Crippen molar-refractivity contribution >= 4 is 33.8 Å². The lowest BCUT2D eigenvalue weighted by Gasteiger charge is -2.11. The first-order chi connectivity index (χ1) is 15.2. The van der Waals surface area contributed by atoms with Crippen LogP contribution in [0.15, 0.2) is 61.4 Å². The average molecular weight is 410 g/mol. The van der Waals surface area contributed by atoms with Gasteiger partial charge in [0.05, 0.1) is 23.1 Å². The Balaban J connectivity index is 1.38. The summed E-state index contributed by atoms with van der Waals surface area (Å²) < 4.78 is 0. The highest BCUT2D eigenvalue weighted by Crippen LogP contribution is 2.23. The minimum absolute atomic E-state index is 0.375. The van der Waals surface area contributed by atoms with E-state index in [1.54, 1.807) is 18.5 Å². The molecule has 0 aliphatic heterocycles. The number of nitrogens with one attached hydrogen (secondary N) is 2. The van der Waals surface area contributed by atoms with Crippen LogP contribution >= 0.6 is 0 Å². The Labute approximate surface area is 176 Å². The normalized spacial score (nSPS) is 11.1. The molecule has 3 aromatic heterocycles. The van der Waals surface area contributed by atoms with E-state index in [9.17, 15) is 4.79 Å². The van der Waals surface area contributed by atoms with Gasteiger partial charge in [0.25, 0.3) is 5.91 Å². The number of hydrogen-bond acceptors (Lipinski definition) is 7. The molecule has 0 radical (unpaired) electrons. The second kappa shape index (κ2) is 7.79. The summed E-state index contributed by atoms with van der Waals surface area (Å²) in [7, 11) is 0. The van der Waals surface area contributed by atoms with Crippen LogP contribution in [0, 0.1) is 0 Å². The Morgan fingerprint density at radius 1 is 0.968 bits per heavy atom. The number of aromatic amines is 1. The predicted molar refractivity (Wildman–Crippen MR) is 116 cm³/mol.